The van der Waals surface area contributed by atoms with Gasteiger partial charge in [0.25, 0.3) is 0 Å². The number of carboxylic acid groups (broad SMARTS) is 1. The van der Waals surface area contributed by atoms with Gasteiger partial charge in [0.15, 0.2) is 0 Å². The van der Waals surface area contributed by atoms with Gasteiger partial charge in [-0.2, -0.15) is 11.8 Å². The number of rotatable bonds is 4. The normalized spacial score (nSPS) is 24.5. The largest absolute Gasteiger partial charge is 0.481 e. The summed E-state index contributed by atoms with van der Waals surface area (Å²) in [5.74, 6) is -0.128. The monoisotopic (exact) mass is 231 g/mol. The van der Waals surface area contributed by atoms with Crippen molar-refractivity contribution >= 4 is 23.6 Å². The van der Waals surface area contributed by atoms with Crippen molar-refractivity contribution < 1.29 is 14.7 Å². The van der Waals surface area contributed by atoms with E-state index in [4.69, 9.17) is 5.11 Å². The average Bonchev–Trinajstić information content (AvgIpc) is 2.67. The van der Waals surface area contributed by atoms with E-state index in [0.717, 1.165) is 17.9 Å². The van der Waals surface area contributed by atoms with E-state index in [2.05, 4.69) is 5.32 Å². The van der Waals surface area contributed by atoms with Gasteiger partial charge in [-0.1, -0.05) is 13.8 Å². The van der Waals surface area contributed by atoms with Crippen molar-refractivity contribution in [3.63, 3.8) is 0 Å². The Balaban J connectivity index is 2.41. The fourth-order valence-electron chi connectivity index (χ4n) is 1.42. The van der Waals surface area contributed by atoms with Crippen LogP contribution in [0.3, 0.4) is 0 Å². The molecule has 0 bridgehead atoms. The molecule has 2 N–H and O–H groups in total. The number of carbonyl (C=O) groups is 2. The van der Waals surface area contributed by atoms with Crippen LogP contribution in [0.4, 0.5) is 0 Å². The molecule has 0 aliphatic carbocycles. The van der Waals surface area contributed by atoms with E-state index in [-0.39, 0.29) is 11.9 Å². The highest BCUT2D eigenvalue weighted by molar-refractivity contribution is 7.99. The zero-order chi connectivity index (χ0) is 11.4. The van der Waals surface area contributed by atoms with Crippen molar-refractivity contribution in [3.8, 4) is 0 Å². The van der Waals surface area contributed by atoms with Crippen LogP contribution in [-0.4, -0.2) is 34.5 Å². The van der Waals surface area contributed by atoms with E-state index < -0.39 is 17.8 Å². The van der Waals surface area contributed by atoms with Crippen LogP contribution in [0, 0.1) is 11.8 Å². The van der Waals surface area contributed by atoms with Gasteiger partial charge in [-0.3, -0.25) is 9.59 Å². The smallest absolute Gasteiger partial charge is 0.307 e. The highest BCUT2D eigenvalue weighted by Crippen LogP contribution is 2.18. The number of carboxylic acids is 1. The Hall–Kier alpha value is -0.710. The van der Waals surface area contributed by atoms with Crippen LogP contribution in [0.2, 0.25) is 0 Å². The zero-order valence-corrected chi connectivity index (χ0v) is 9.84. The topological polar surface area (TPSA) is 66.4 Å². The number of thioether (sulfide) groups is 1. The molecule has 0 saturated carbocycles. The molecular weight excluding hydrogens is 214 g/mol. The molecule has 1 heterocycles. The molecule has 1 rings (SSSR count). The molecule has 1 fully saturated rings. The van der Waals surface area contributed by atoms with Gasteiger partial charge in [-0.25, -0.2) is 0 Å². The standard InChI is InChI=1S/C10H17NO3S/c1-6(7(2)10(13)14)9(12)11-8-3-4-15-5-8/h6-8H,3-5H2,1-2H3,(H,11,12)(H,13,14). The maximum atomic E-state index is 11.7. The second-order valence-corrected chi connectivity index (χ2v) is 5.13. The Kier molecular flexibility index (Phi) is 4.45. The molecule has 4 nitrogen and oxygen atoms in total. The minimum atomic E-state index is -0.918. The lowest BCUT2D eigenvalue weighted by atomic mass is 9.95. The van der Waals surface area contributed by atoms with E-state index in [0.29, 0.717) is 0 Å². The predicted molar refractivity (Wildman–Crippen MR) is 59.8 cm³/mol. The second kappa shape index (κ2) is 5.39. The molecule has 1 aliphatic heterocycles. The third-order valence-corrected chi connectivity index (χ3v) is 3.99. The first-order valence-corrected chi connectivity index (χ1v) is 6.28. The molecule has 3 atom stereocenters. The first-order chi connectivity index (χ1) is 7.02. The van der Waals surface area contributed by atoms with Gasteiger partial charge in [0, 0.05) is 17.7 Å². The van der Waals surface area contributed by atoms with Crippen LogP contribution < -0.4 is 5.32 Å². The number of amides is 1. The molecule has 1 amide bonds. The molecule has 1 aliphatic rings. The quantitative estimate of drug-likeness (QED) is 0.756. The summed E-state index contributed by atoms with van der Waals surface area (Å²) in [5.41, 5.74) is 0. The summed E-state index contributed by atoms with van der Waals surface area (Å²) in [6.45, 7) is 3.23. The molecule has 1 saturated heterocycles. The zero-order valence-electron chi connectivity index (χ0n) is 9.03. The van der Waals surface area contributed by atoms with Gasteiger partial charge < -0.3 is 10.4 Å². The molecule has 3 unspecified atom stereocenters. The minimum absolute atomic E-state index is 0.141. The van der Waals surface area contributed by atoms with Crippen molar-refractivity contribution in [2.45, 2.75) is 26.3 Å². The van der Waals surface area contributed by atoms with Crippen LogP contribution in [0.5, 0.6) is 0 Å². The molecule has 0 radical (unpaired) electrons. The van der Waals surface area contributed by atoms with Crippen LogP contribution in [0.1, 0.15) is 20.3 Å². The van der Waals surface area contributed by atoms with Crippen LogP contribution in [0.15, 0.2) is 0 Å². The summed E-state index contributed by atoms with van der Waals surface area (Å²) in [7, 11) is 0. The van der Waals surface area contributed by atoms with Crippen molar-refractivity contribution in [2.75, 3.05) is 11.5 Å². The van der Waals surface area contributed by atoms with E-state index in [1.54, 1.807) is 13.8 Å². The number of carbonyl (C=O) groups excluding carboxylic acids is 1. The maximum Gasteiger partial charge on any atom is 0.307 e. The molecule has 0 aromatic heterocycles. The summed E-state index contributed by atoms with van der Waals surface area (Å²) in [5, 5.41) is 11.7. The summed E-state index contributed by atoms with van der Waals surface area (Å²) in [4.78, 5) is 22.4. The fraction of sp³-hybridized carbons (Fsp3) is 0.800. The number of hydrogen-bond donors (Lipinski definition) is 2. The fourth-order valence-corrected chi connectivity index (χ4v) is 2.57. The number of aliphatic carboxylic acids is 1. The predicted octanol–water partition coefficient (Wildman–Crippen LogP) is 0.965. The van der Waals surface area contributed by atoms with Crippen LogP contribution in [-0.2, 0) is 9.59 Å². The Morgan fingerprint density at radius 1 is 1.40 bits per heavy atom. The Morgan fingerprint density at radius 2 is 2.07 bits per heavy atom. The molecule has 15 heavy (non-hydrogen) atoms. The maximum absolute atomic E-state index is 11.7. The third-order valence-electron chi connectivity index (χ3n) is 2.83. The van der Waals surface area contributed by atoms with Gasteiger partial charge in [0.1, 0.15) is 0 Å². The van der Waals surface area contributed by atoms with Crippen molar-refractivity contribution in [1.29, 1.82) is 0 Å². The SMILES string of the molecule is CC(C(=O)O)C(C)C(=O)NC1CCSC1. The molecule has 86 valence electrons. The summed E-state index contributed by atoms with van der Waals surface area (Å²) >= 11 is 1.82. The highest BCUT2D eigenvalue weighted by Gasteiger charge is 2.28. The number of hydrogen-bond acceptors (Lipinski definition) is 3. The van der Waals surface area contributed by atoms with Crippen molar-refractivity contribution in [2.24, 2.45) is 11.8 Å². The lowest BCUT2D eigenvalue weighted by Crippen LogP contribution is -2.41. The van der Waals surface area contributed by atoms with E-state index in [1.807, 2.05) is 11.8 Å². The van der Waals surface area contributed by atoms with Crippen LogP contribution >= 0.6 is 11.8 Å². The molecule has 0 aromatic carbocycles. The van der Waals surface area contributed by atoms with Crippen molar-refractivity contribution in [1.82, 2.24) is 5.32 Å². The third kappa shape index (κ3) is 3.41. The summed E-state index contributed by atoms with van der Waals surface area (Å²) < 4.78 is 0. The first-order valence-electron chi connectivity index (χ1n) is 5.13. The lowest BCUT2D eigenvalue weighted by molar-refractivity contribution is -0.146. The highest BCUT2D eigenvalue weighted by atomic mass is 32.2. The molecule has 0 aromatic rings. The van der Waals surface area contributed by atoms with Gasteiger partial charge >= 0.3 is 5.97 Å². The van der Waals surface area contributed by atoms with Crippen LogP contribution in [0.25, 0.3) is 0 Å². The van der Waals surface area contributed by atoms with E-state index in [1.165, 1.54) is 0 Å². The Morgan fingerprint density at radius 3 is 2.53 bits per heavy atom. The lowest BCUT2D eigenvalue weighted by Gasteiger charge is -2.18. The Labute approximate surface area is 93.8 Å². The summed E-state index contributed by atoms with van der Waals surface area (Å²) in [6.07, 6.45) is 0.991. The first kappa shape index (κ1) is 12.4. The molecule has 0 spiro atoms. The van der Waals surface area contributed by atoms with Gasteiger partial charge in [0.05, 0.1) is 5.92 Å². The number of nitrogens with one attached hydrogen (secondary N) is 1. The Bertz CT molecular complexity index is 251. The van der Waals surface area contributed by atoms with Gasteiger partial charge in [0.2, 0.25) is 5.91 Å². The minimum Gasteiger partial charge on any atom is -0.481 e. The van der Waals surface area contributed by atoms with Gasteiger partial charge in [-0.05, 0) is 12.2 Å². The van der Waals surface area contributed by atoms with E-state index in [9.17, 15) is 9.59 Å². The van der Waals surface area contributed by atoms with Gasteiger partial charge in [-0.15, -0.1) is 0 Å². The molecular formula is C10H17NO3S. The second-order valence-electron chi connectivity index (χ2n) is 3.98. The molecule has 5 heteroatoms. The average molecular weight is 231 g/mol. The van der Waals surface area contributed by atoms with Crippen molar-refractivity contribution in [3.05, 3.63) is 0 Å². The van der Waals surface area contributed by atoms with E-state index >= 15 is 0 Å². The summed E-state index contributed by atoms with van der Waals surface area (Å²) in [6, 6.07) is 0.228.